The monoisotopic (exact) mass is 579 g/mol. The Morgan fingerprint density at radius 1 is 1.07 bits per heavy atom. The second-order valence-corrected chi connectivity index (χ2v) is 9.94. The maximum Gasteiger partial charge on any atom is 0.273 e. The molecule has 0 aromatic heterocycles. The van der Waals surface area contributed by atoms with Gasteiger partial charge in [-0.15, -0.1) is 0 Å². The summed E-state index contributed by atoms with van der Waals surface area (Å²) in [5.74, 6) is 1.97. The smallest absolute Gasteiger partial charge is 0.273 e. The molecule has 1 unspecified atom stereocenters. The number of carbonyl (C=O) groups excluding carboxylic acids is 1. The van der Waals surface area contributed by atoms with Gasteiger partial charge in [-0.25, -0.2) is 4.99 Å². The van der Waals surface area contributed by atoms with E-state index in [1.165, 1.54) is 12.1 Å². The van der Waals surface area contributed by atoms with E-state index in [9.17, 15) is 14.9 Å². The molecule has 0 aliphatic carbocycles. The van der Waals surface area contributed by atoms with Crippen molar-refractivity contribution in [2.45, 2.75) is 19.9 Å². The zero-order valence-electron chi connectivity index (χ0n) is 22.7. The van der Waals surface area contributed by atoms with Crippen molar-refractivity contribution in [3.63, 3.8) is 0 Å². The van der Waals surface area contributed by atoms with E-state index in [-0.39, 0.29) is 30.0 Å². The van der Waals surface area contributed by atoms with E-state index in [1.54, 1.807) is 40.3 Å². The van der Waals surface area contributed by atoms with Crippen LogP contribution in [-0.4, -0.2) is 71.9 Å². The molecule has 0 spiro atoms. The van der Waals surface area contributed by atoms with Gasteiger partial charge >= 0.3 is 0 Å². The molecule has 0 radical (unpaired) electrons. The fourth-order valence-electron chi connectivity index (χ4n) is 4.72. The van der Waals surface area contributed by atoms with Crippen molar-refractivity contribution in [2.24, 2.45) is 4.99 Å². The Balaban J connectivity index is 1.33. The Bertz CT molecular complexity index is 1440. The standard InChI is InChI=1S/C29H30ClN5O6/c1-3-39-26-7-5-4-6-25(26)34-29(31-24-13-10-22(35(37)38)18-27(24)41-34)20(2)32-14-16-33(17-15-32)28(36)19-40-23-11-8-21(30)9-12-23/h4-13,18,20H,3,14-17,19H2,1-2H3. The number of para-hydroxylation sites is 2. The van der Waals surface area contributed by atoms with E-state index < -0.39 is 4.92 Å². The first-order valence-corrected chi connectivity index (χ1v) is 13.7. The highest BCUT2D eigenvalue weighted by atomic mass is 35.5. The molecular weight excluding hydrogens is 550 g/mol. The van der Waals surface area contributed by atoms with Gasteiger partial charge in [-0.2, -0.15) is 5.06 Å². The number of ether oxygens (including phenoxy) is 2. The predicted molar refractivity (Wildman–Crippen MR) is 155 cm³/mol. The van der Waals surface area contributed by atoms with E-state index >= 15 is 0 Å². The number of fused-ring (bicyclic) bond motifs is 1. The van der Waals surface area contributed by atoms with Gasteiger partial charge in [-0.1, -0.05) is 23.7 Å². The lowest BCUT2D eigenvalue weighted by Gasteiger charge is -2.41. The first-order chi connectivity index (χ1) is 19.8. The number of halogens is 1. The van der Waals surface area contributed by atoms with Gasteiger partial charge in [0.2, 0.25) is 0 Å². The van der Waals surface area contributed by atoms with Crippen molar-refractivity contribution in [2.75, 3.05) is 44.5 Å². The fraction of sp³-hybridized carbons (Fsp3) is 0.310. The van der Waals surface area contributed by atoms with Crippen molar-refractivity contribution in [3.05, 3.63) is 81.9 Å². The average molecular weight is 580 g/mol. The third-order valence-electron chi connectivity index (χ3n) is 6.94. The molecule has 41 heavy (non-hydrogen) atoms. The first-order valence-electron chi connectivity index (χ1n) is 13.3. The molecule has 2 aliphatic heterocycles. The molecule has 1 saturated heterocycles. The van der Waals surface area contributed by atoms with E-state index in [1.807, 2.05) is 38.1 Å². The van der Waals surface area contributed by atoms with Crippen LogP contribution in [0.2, 0.25) is 5.02 Å². The molecule has 5 rings (SSSR count). The van der Waals surface area contributed by atoms with Crippen LogP contribution in [0.15, 0.2) is 71.7 Å². The number of hydrogen-bond acceptors (Lipinski definition) is 9. The third-order valence-corrected chi connectivity index (χ3v) is 7.19. The van der Waals surface area contributed by atoms with E-state index in [2.05, 4.69) is 4.90 Å². The quantitative estimate of drug-likeness (QED) is 0.254. The maximum absolute atomic E-state index is 12.8. The normalized spacial score (nSPS) is 15.8. The molecule has 214 valence electrons. The van der Waals surface area contributed by atoms with Crippen LogP contribution >= 0.6 is 11.6 Å². The summed E-state index contributed by atoms with van der Waals surface area (Å²) in [7, 11) is 0. The minimum absolute atomic E-state index is 0.0529. The molecule has 2 heterocycles. The highest BCUT2D eigenvalue weighted by molar-refractivity contribution is 6.30. The number of non-ortho nitro benzene ring substituents is 1. The molecular formula is C29H30ClN5O6. The summed E-state index contributed by atoms with van der Waals surface area (Å²) in [6, 6.07) is 18.5. The largest absolute Gasteiger partial charge is 0.492 e. The first kappa shape index (κ1) is 28.2. The molecule has 0 saturated carbocycles. The number of amidine groups is 1. The van der Waals surface area contributed by atoms with Gasteiger partial charge < -0.3 is 19.2 Å². The number of hydrogen-bond donors (Lipinski definition) is 0. The second kappa shape index (κ2) is 12.4. The summed E-state index contributed by atoms with van der Waals surface area (Å²) in [6.45, 7) is 6.60. The Hall–Kier alpha value is -4.35. The second-order valence-electron chi connectivity index (χ2n) is 9.50. The van der Waals surface area contributed by atoms with Gasteiger partial charge in [-0.05, 0) is 56.3 Å². The van der Waals surface area contributed by atoms with Crippen LogP contribution in [0.5, 0.6) is 17.2 Å². The number of anilines is 1. The fourth-order valence-corrected chi connectivity index (χ4v) is 4.85. The number of amides is 1. The number of nitro groups is 1. The van der Waals surface area contributed by atoms with Crippen LogP contribution in [0.25, 0.3) is 0 Å². The Kier molecular flexibility index (Phi) is 8.55. The number of nitrogens with zero attached hydrogens (tertiary/aromatic N) is 5. The van der Waals surface area contributed by atoms with Gasteiger partial charge in [0.1, 0.15) is 22.9 Å². The summed E-state index contributed by atoms with van der Waals surface area (Å²) in [6.07, 6.45) is 0. The van der Waals surface area contributed by atoms with Crippen LogP contribution < -0.4 is 19.4 Å². The molecule has 0 bridgehead atoms. The number of rotatable bonds is 9. The van der Waals surface area contributed by atoms with Crippen LogP contribution in [0.3, 0.4) is 0 Å². The van der Waals surface area contributed by atoms with E-state index in [0.29, 0.717) is 66.5 Å². The van der Waals surface area contributed by atoms with Gasteiger partial charge in [0.25, 0.3) is 11.6 Å². The summed E-state index contributed by atoms with van der Waals surface area (Å²) in [5, 5.41) is 13.6. The van der Waals surface area contributed by atoms with Gasteiger partial charge in [0.15, 0.2) is 18.2 Å². The highest BCUT2D eigenvalue weighted by Gasteiger charge is 2.34. The summed E-state index contributed by atoms with van der Waals surface area (Å²) in [4.78, 5) is 38.9. The lowest BCUT2D eigenvalue weighted by molar-refractivity contribution is -0.384. The minimum Gasteiger partial charge on any atom is -0.492 e. The van der Waals surface area contributed by atoms with Crippen molar-refractivity contribution in [3.8, 4) is 17.2 Å². The zero-order chi connectivity index (χ0) is 28.9. The Labute approximate surface area is 242 Å². The van der Waals surface area contributed by atoms with Crippen LogP contribution in [0.4, 0.5) is 17.1 Å². The molecule has 2 aliphatic rings. The minimum atomic E-state index is -0.467. The molecule has 1 amide bonds. The van der Waals surface area contributed by atoms with Crippen LogP contribution in [-0.2, 0) is 4.79 Å². The van der Waals surface area contributed by atoms with Gasteiger partial charge in [0, 0.05) is 37.3 Å². The summed E-state index contributed by atoms with van der Waals surface area (Å²) >= 11 is 5.91. The third kappa shape index (κ3) is 6.36. The zero-order valence-corrected chi connectivity index (χ0v) is 23.5. The van der Waals surface area contributed by atoms with Crippen molar-refractivity contribution < 1.29 is 24.0 Å². The number of carbonyl (C=O) groups is 1. The van der Waals surface area contributed by atoms with Gasteiger partial charge in [0.05, 0.1) is 23.6 Å². The van der Waals surface area contributed by atoms with E-state index in [4.69, 9.17) is 30.9 Å². The molecule has 12 heteroatoms. The number of aliphatic imine (C=N–C) groups is 1. The lowest BCUT2D eigenvalue weighted by atomic mass is 10.1. The molecule has 1 atom stereocenters. The number of hydroxylamine groups is 1. The number of nitro benzene ring substituents is 1. The predicted octanol–water partition coefficient (Wildman–Crippen LogP) is 5.10. The molecule has 11 nitrogen and oxygen atoms in total. The lowest BCUT2D eigenvalue weighted by Crippen LogP contribution is -2.57. The highest BCUT2D eigenvalue weighted by Crippen LogP contribution is 2.40. The number of benzene rings is 3. The van der Waals surface area contributed by atoms with Crippen molar-refractivity contribution in [1.82, 2.24) is 9.80 Å². The maximum atomic E-state index is 12.8. The molecule has 1 fully saturated rings. The molecule has 3 aromatic rings. The van der Waals surface area contributed by atoms with Gasteiger partial charge in [-0.3, -0.25) is 19.8 Å². The number of piperazine rings is 1. The van der Waals surface area contributed by atoms with Crippen molar-refractivity contribution >= 4 is 40.4 Å². The van der Waals surface area contributed by atoms with Crippen LogP contribution in [0, 0.1) is 10.1 Å². The van der Waals surface area contributed by atoms with E-state index in [0.717, 1.165) is 0 Å². The molecule has 0 N–H and O–H groups in total. The van der Waals surface area contributed by atoms with Crippen molar-refractivity contribution in [1.29, 1.82) is 0 Å². The molecule has 3 aromatic carbocycles. The summed E-state index contributed by atoms with van der Waals surface area (Å²) in [5.41, 5.74) is 1.04. The SMILES string of the molecule is CCOc1ccccc1N1Oc2cc([N+](=O)[O-])ccc2N=C1C(C)N1CCN(C(=O)COc2ccc(Cl)cc2)CC1. The Morgan fingerprint density at radius 2 is 1.80 bits per heavy atom. The van der Waals surface area contributed by atoms with Crippen LogP contribution in [0.1, 0.15) is 13.8 Å². The average Bonchev–Trinajstić information content (AvgIpc) is 3.00. The Morgan fingerprint density at radius 3 is 2.51 bits per heavy atom. The topological polar surface area (TPSA) is 110 Å². The summed E-state index contributed by atoms with van der Waals surface area (Å²) < 4.78 is 11.5.